The second-order valence-electron chi connectivity index (χ2n) is 7.60. The molecule has 0 radical (unpaired) electrons. The zero-order valence-electron chi connectivity index (χ0n) is 18.7. The van der Waals surface area contributed by atoms with Crippen LogP contribution in [0.4, 0.5) is 11.5 Å². The summed E-state index contributed by atoms with van der Waals surface area (Å²) < 4.78 is 7.24. The van der Waals surface area contributed by atoms with Crippen molar-refractivity contribution in [3.8, 4) is 17.2 Å². The number of carbonyl (C=O) groups is 2. The number of nitrogens with one attached hydrogen (secondary N) is 2. The van der Waals surface area contributed by atoms with Gasteiger partial charge in [-0.25, -0.2) is 4.68 Å². The third-order valence-corrected chi connectivity index (χ3v) is 6.35. The Hall–Kier alpha value is -4.40. The van der Waals surface area contributed by atoms with Crippen LogP contribution in [0.25, 0.3) is 5.69 Å². The summed E-state index contributed by atoms with van der Waals surface area (Å²) in [5.41, 5.74) is 1.27. The number of halogens is 1. The summed E-state index contributed by atoms with van der Waals surface area (Å²) in [6.07, 6.45) is 1.40. The van der Waals surface area contributed by atoms with Gasteiger partial charge in [-0.2, -0.15) is 5.10 Å². The van der Waals surface area contributed by atoms with Crippen molar-refractivity contribution >= 4 is 46.3 Å². The monoisotopic (exact) mass is 514 g/mol. The van der Waals surface area contributed by atoms with Crippen molar-refractivity contribution in [3.63, 3.8) is 0 Å². The molecule has 0 unspecified atom stereocenters. The Balaban J connectivity index is 1.40. The Morgan fingerprint density at radius 3 is 2.25 bits per heavy atom. The van der Waals surface area contributed by atoms with Crippen LogP contribution in [0.5, 0.6) is 11.5 Å². The van der Waals surface area contributed by atoms with Gasteiger partial charge in [0.05, 0.1) is 21.8 Å². The molecule has 0 spiro atoms. The number of carbonyl (C=O) groups excluding carboxylic acids is 2. The number of thiophene rings is 1. The van der Waals surface area contributed by atoms with Crippen LogP contribution in [0.2, 0.25) is 5.02 Å². The minimum absolute atomic E-state index is 0.185. The highest BCUT2D eigenvalue weighted by Gasteiger charge is 2.22. The Bertz CT molecular complexity index is 1500. The third kappa shape index (κ3) is 5.14. The summed E-state index contributed by atoms with van der Waals surface area (Å²) >= 11 is 7.67. The van der Waals surface area contributed by atoms with Crippen LogP contribution in [0.1, 0.15) is 20.0 Å². The van der Waals surface area contributed by atoms with Crippen molar-refractivity contribution in [2.75, 3.05) is 10.6 Å². The maximum absolute atomic E-state index is 13.2. The SMILES string of the molecule is O=C(Nc1c(C(=O)Nc2ccc(Oc3ccccc3)cc2)cnn1-c1ccccc1Cl)c1cccs1. The fraction of sp³-hybridized carbons (Fsp3) is 0. The highest BCUT2D eigenvalue weighted by Crippen LogP contribution is 2.28. The number of para-hydroxylation sites is 2. The van der Waals surface area contributed by atoms with Crippen molar-refractivity contribution in [1.82, 2.24) is 9.78 Å². The third-order valence-electron chi connectivity index (χ3n) is 5.16. The first-order valence-electron chi connectivity index (χ1n) is 10.9. The van der Waals surface area contributed by atoms with Crippen LogP contribution in [0, 0.1) is 0 Å². The van der Waals surface area contributed by atoms with Crippen LogP contribution in [0.15, 0.2) is 103 Å². The molecule has 2 amide bonds. The van der Waals surface area contributed by atoms with E-state index in [0.717, 1.165) is 0 Å². The average molecular weight is 515 g/mol. The largest absolute Gasteiger partial charge is 0.457 e. The molecule has 2 heterocycles. The Labute approximate surface area is 215 Å². The second-order valence-corrected chi connectivity index (χ2v) is 8.95. The molecule has 0 bridgehead atoms. The molecule has 2 aromatic heterocycles. The molecule has 5 aromatic rings. The van der Waals surface area contributed by atoms with Crippen LogP contribution >= 0.6 is 22.9 Å². The van der Waals surface area contributed by atoms with E-state index in [1.54, 1.807) is 66.0 Å². The van der Waals surface area contributed by atoms with E-state index >= 15 is 0 Å². The lowest BCUT2D eigenvalue weighted by molar-refractivity contribution is 0.102. The van der Waals surface area contributed by atoms with Crippen molar-refractivity contribution in [3.05, 3.63) is 118 Å². The second kappa shape index (κ2) is 10.5. The smallest absolute Gasteiger partial charge is 0.266 e. The first-order valence-corrected chi connectivity index (χ1v) is 12.2. The van der Waals surface area contributed by atoms with Crippen molar-refractivity contribution in [1.29, 1.82) is 0 Å². The van der Waals surface area contributed by atoms with Gasteiger partial charge in [0, 0.05) is 5.69 Å². The van der Waals surface area contributed by atoms with Gasteiger partial charge in [0.25, 0.3) is 11.8 Å². The van der Waals surface area contributed by atoms with E-state index in [4.69, 9.17) is 16.3 Å². The van der Waals surface area contributed by atoms with E-state index in [1.807, 2.05) is 30.3 Å². The molecule has 2 N–H and O–H groups in total. The summed E-state index contributed by atoms with van der Waals surface area (Å²) in [7, 11) is 0. The Kier molecular flexibility index (Phi) is 6.79. The molecule has 0 aliphatic heterocycles. The van der Waals surface area contributed by atoms with E-state index in [1.165, 1.54) is 22.2 Å². The molecular weight excluding hydrogens is 496 g/mol. The van der Waals surface area contributed by atoms with E-state index in [-0.39, 0.29) is 17.3 Å². The minimum atomic E-state index is -0.438. The molecule has 0 atom stereocenters. The van der Waals surface area contributed by atoms with Gasteiger partial charge < -0.3 is 15.4 Å². The first kappa shape index (κ1) is 23.3. The van der Waals surface area contributed by atoms with Gasteiger partial charge in [-0.1, -0.05) is 48.0 Å². The molecule has 0 aliphatic rings. The van der Waals surface area contributed by atoms with Gasteiger partial charge in [-0.3, -0.25) is 9.59 Å². The number of rotatable bonds is 7. The van der Waals surface area contributed by atoms with Gasteiger partial charge in [-0.05, 0) is 60.0 Å². The number of amides is 2. The number of anilines is 2. The topological polar surface area (TPSA) is 85.2 Å². The molecule has 3 aromatic carbocycles. The van der Waals surface area contributed by atoms with Crippen LogP contribution in [0.3, 0.4) is 0 Å². The van der Waals surface area contributed by atoms with Crippen molar-refractivity contribution in [2.45, 2.75) is 0 Å². The van der Waals surface area contributed by atoms with E-state index in [9.17, 15) is 9.59 Å². The van der Waals surface area contributed by atoms with Gasteiger partial charge in [0.2, 0.25) is 0 Å². The average Bonchev–Trinajstić information content (AvgIpc) is 3.57. The highest BCUT2D eigenvalue weighted by atomic mass is 35.5. The lowest BCUT2D eigenvalue weighted by Gasteiger charge is -2.12. The van der Waals surface area contributed by atoms with E-state index in [0.29, 0.717) is 32.8 Å². The molecular formula is C27H19ClN4O3S. The lowest BCUT2D eigenvalue weighted by Crippen LogP contribution is -2.19. The number of ether oxygens (including phenoxy) is 1. The highest BCUT2D eigenvalue weighted by molar-refractivity contribution is 7.12. The van der Waals surface area contributed by atoms with E-state index < -0.39 is 5.91 Å². The first-order chi connectivity index (χ1) is 17.6. The number of nitrogens with zero attached hydrogens (tertiary/aromatic N) is 2. The molecule has 7 nitrogen and oxygen atoms in total. The summed E-state index contributed by atoms with van der Waals surface area (Å²) in [6.45, 7) is 0. The van der Waals surface area contributed by atoms with Crippen molar-refractivity contribution < 1.29 is 14.3 Å². The molecule has 36 heavy (non-hydrogen) atoms. The summed E-state index contributed by atoms with van der Waals surface area (Å²) in [5.74, 6) is 0.770. The van der Waals surface area contributed by atoms with Crippen LogP contribution in [-0.4, -0.2) is 21.6 Å². The predicted molar refractivity (Wildman–Crippen MR) is 142 cm³/mol. The van der Waals surface area contributed by atoms with Crippen LogP contribution < -0.4 is 15.4 Å². The number of aromatic nitrogens is 2. The minimum Gasteiger partial charge on any atom is -0.457 e. The molecule has 0 saturated carbocycles. The van der Waals surface area contributed by atoms with Crippen LogP contribution in [-0.2, 0) is 0 Å². The van der Waals surface area contributed by atoms with Gasteiger partial charge in [0.15, 0.2) is 0 Å². The summed E-state index contributed by atoms with van der Waals surface area (Å²) in [4.78, 5) is 26.6. The molecule has 0 saturated heterocycles. The predicted octanol–water partition coefficient (Wildman–Crippen LogP) is 6.88. The molecule has 5 rings (SSSR count). The van der Waals surface area contributed by atoms with Gasteiger partial charge in [-0.15, -0.1) is 11.3 Å². The summed E-state index contributed by atoms with van der Waals surface area (Å²) in [6, 6.07) is 26.9. The number of benzene rings is 3. The maximum Gasteiger partial charge on any atom is 0.266 e. The van der Waals surface area contributed by atoms with Crippen molar-refractivity contribution in [2.24, 2.45) is 0 Å². The number of hydrogen-bond donors (Lipinski definition) is 2. The zero-order valence-corrected chi connectivity index (χ0v) is 20.3. The fourth-order valence-electron chi connectivity index (χ4n) is 3.45. The number of hydrogen-bond acceptors (Lipinski definition) is 5. The molecule has 0 aliphatic carbocycles. The Morgan fingerprint density at radius 1 is 0.806 bits per heavy atom. The quantitative estimate of drug-likeness (QED) is 0.248. The van der Waals surface area contributed by atoms with Gasteiger partial charge >= 0.3 is 0 Å². The summed E-state index contributed by atoms with van der Waals surface area (Å²) in [5, 5.41) is 12.2. The van der Waals surface area contributed by atoms with E-state index in [2.05, 4.69) is 15.7 Å². The molecule has 178 valence electrons. The molecule has 0 fully saturated rings. The maximum atomic E-state index is 13.2. The normalized spacial score (nSPS) is 10.6. The lowest BCUT2D eigenvalue weighted by atomic mass is 10.2. The van der Waals surface area contributed by atoms with Gasteiger partial charge in [0.1, 0.15) is 22.9 Å². The molecule has 9 heteroatoms. The zero-order chi connectivity index (χ0) is 24.9. The standard InChI is InChI=1S/C27H19ClN4O3S/c28-22-9-4-5-10-23(22)32-25(31-27(34)24-11-6-16-36-24)21(17-29-32)26(33)30-18-12-14-20(15-13-18)35-19-7-2-1-3-8-19/h1-17H,(H,30,33)(H,31,34). The fourth-order valence-corrected chi connectivity index (χ4v) is 4.28. The Morgan fingerprint density at radius 2 is 1.53 bits per heavy atom.